The molecule has 0 aromatic heterocycles. The maximum atomic E-state index is 12.7. The summed E-state index contributed by atoms with van der Waals surface area (Å²) in [5.74, 6) is 0. The summed E-state index contributed by atoms with van der Waals surface area (Å²) in [5, 5.41) is 0. The molecule has 0 spiro atoms. The molecule has 0 saturated heterocycles. The van der Waals surface area contributed by atoms with Crippen molar-refractivity contribution in [1.82, 2.24) is 3.64 Å². The van der Waals surface area contributed by atoms with Gasteiger partial charge in [0.15, 0.2) is 0 Å². The number of nitrogens with zero attached hydrogens (tertiary/aromatic N) is 1. The average Bonchev–Trinajstić information content (AvgIpc) is 2.14. The number of rotatable bonds is 4. The van der Waals surface area contributed by atoms with Crippen LogP contribution in [-0.2, 0) is 11.0 Å². The van der Waals surface area contributed by atoms with Crippen LogP contribution in [0.15, 0.2) is 35.2 Å². The Labute approximate surface area is 110 Å². The van der Waals surface area contributed by atoms with Gasteiger partial charge in [0.1, 0.15) is 27.5 Å². The third-order valence-electron chi connectivity index (χ3n) is 2.33. The van der Waals surface area contributed by atoms with Crippen molar-refractivity contribution in [3.8, 4) is 0 Å². The molecule has 96 valence electrons. The molecule has 1 atom stereocenters. The molecular weight excluding hydrogens is 262 g/mol. The topological polar surface area (TPSA) is 20.3 Å². The van der Waals surface area contributed by atoms with Crippen LogP contribution in [-0.4, -0.2) is 24.3 Å². The minimum atomic E-state index is -1.57. The lowest BCUT2D eigenvalue weighted by Crippen LogP contribution is -2.59. The first-order valence-corrected chi connectivity index (χ1v) is 13.9. The van der Waals surface area contributed by atoms with Crippen LogP contribution in [0.5, 0.6) is 0 Å². The van der Waals surface area contributed by atoms with Gasteiger partial charge >= 0.3 is 0 Å². The maximum Gasteiger partial charge on any atom is 0.126 e. The molecule has 0 aliphatic heterocycles. The molecule has 0 saturated carbocycles. The first-order chi connectivity index (χ1) is 7.64. The molecule has 1 rings (SSSR count). The Morgan fingerprint density at radius 1 is 0.882 bits per heavy atom. The third kappa shape index (κ3) is 3.87. The van der Waals surface area contributed by atoms with Crippen molar-refractivity contribution < 1.29 is 4.21 Å². The summed E-state index contributed by atoms with van der Waals surface area (Å²) in [4.78, 5) is 0.928. The van der Waals surface area contributed by atoms with Gasteiger partial charge in [-0.05, 0) is 12.1 Å². The Balaban J connectivity index is 3.14. The zero-order valence-corrected chi connectivity index (χ0v) is 14.5. The van der Waals surface area contributed by atoms with E-state index in [0.29, 0.717) is 0 Å². The zero-order valence-electron chi connectivity index (χ0n) is 11.7. The van der Waals surface area contributed by atoms with Crippen molar-refractivity contribution in [3.05, 3.63) is 30.3 Å². The molecule has 0 N–H and O–H groups in total. The summed E-state index contributed by atoms with van der Waals surface area (Å²) >= 11 is 0. The van der Waals surface area contributed by atoms with Crippen LogP contribution in [0.3, 0.4) is 0 Å². The van der Waals surface area contributed by atoms with Crippen molar-refractivity contribution in [2.75, 3.05) is 0 Å². The fraction of sp³-hybridized carbons (Fsp3) is 0.500. The van der Waals surface area contributed by atoms with Gasteiger partial charge in [-0.1, -0.05) is 57.5 Å². The van der Waals surface area contributed by atoms with Gasteiger partial charge in [-0.25, -0.2) is 4.21 Å². The van der Waals surface area contributed by atoms with E-state index in [9.17, 15) is 4.21 Å². The number of benzene rings is 1. The van der Waals surface area contributed by atoms with E-state index >= 15 is 0 Å². The highest BCUT2D eigenvalue weighted by molar-refractivity contribution is 7.86. The van der Waals surface area contributed by atoms with Gasteiger partial charge < -0.3 is 0 Å². The molecule has 0 radical (unpaired) electrons. The Bertz CT molecular complexity index is 381. The van der Waals surface area contributed by atoms with Crippen LogP contribution in [0.4, 0.5) is 0 Å². The molecule has 5 heteroatoms. The highest BCUT2D eigenvalue weighted by Crippen LogP contribution is 2.25. The Hall–Kier alpha value is -0.236. The second-order valence-electron chi connectivity index (χ2n) is 6.20. The van der Waals surface area contributed by atoms with Gasteiger partial charge in [0.2, 0.25) is 0 Å². The van der Waals surface area contributed by atoms with E-state index in [1.165, 1.54) is 0 Å². The smallest absolute Gasteiger partial charge is 0.126 e. The lowest BCUT2D eigenvalue weighted by Gasteiger charge is -2.41. The number of hydrogen-bond donors (Lipinski definition) is 0. The minimum absolute atomic E-state index is 0.928. The van der Waals surface area contributed by atoms with Gasteiger partial charge in [0.05, 0.1) is 4.90 Å². The molecule has 2 nitrogen and oxygen atoms in total. The predicted molar refractivity (Wildman–Crippen MR) is 81.4 cm³/mol. The second kappa shape index (κ2) is 5.18. The molecule has 1 aromatic carbocycles. The summed E-state index contributed by atoms with van der Waals surface area (Å²) in [6.45, 7) is 13.6. The summed E-state index contributed by atoms with van der Waals surface area (Å²) < 4.78 is 15.1. The van der Waals surface area contributed by atoms with E-state index in [-0.39, 0.29) is 0 Å². The third-order valence-corrected chi connectivity index (χ3v) is 14.1. The van der Waals surface area contributed by atoms with E-state index < -0.39 is 27.5 Å². The summed E-state index contributed by atoms with van der Waals surface area (Å²) in [5.41, 5.74) is 0. The predicted octanol–water partition coefficient (Wildman–Crippen LogP) is 3.68. The van der Waals surface area contributed by atoms with E-state index in [2.05, 4.69) is 42.9 Å². The summed E-state index contributed by atoms with van der Waals surface area (Å²) in [7, 11) is -4.15. The van der Waals surface area contributed by atoms with Gasteiger partial charge in [0, 0.05) is 0 Å². The molecule has 0 amide bonds. The Morgan fingerprint density at radius 3 is 1.65 bits per heavy atom. The largest absolute Gasteiger partial charge is 0.264 e. The Morgan fingerprint density at radius 2 is 1.29 bits per heavy atom. The van der Waals surface area contributed by atoms with Crippen molar-refractivity contribution in [2.45, 2.75) is 44.2 Å². The summed E-state index contributed by atoms with van der Waals surface area (Å²) in [6.07, 6.45) is 0. The zero-order chi connectivity index (χ0) is 13.3. The van der Waals surface area contributed by atoms with Crippen molar-refractivity contribution >= 4 is 27.5 Å². The molecule has 17 heavy (non-hydrogen) atoms. The van der Waals surface area contributed by atoms with Crippen LogP contribution in [0, 0.1) is 0 Å². The van der Waals surface area contributed by atoms with E-state index in [0.717, 1.165) is 4.90 Å². The van der Waals surface area contributed by atoms with E-state index in [1.54, 1.807) is 0 Å². The van der Waals surface area contributed by atoms with E-state index in [1.807, 2.05) is 30.3 Å². The van der Waals surface area contributed by atoms with Crippen LogP contribution in [0.1, 0.15) is 0 Å². The maximum absolute atomic E-state index is 12.7. The standard InChI is InChI=1S/C12H23NOSSi2/c1-16(2,3)13(17(4,5)6)15(14)12-10-8-7-9-11-12/h7-11H,1-6H3. The Kier molecular flexibility index (Phi) is 4.51. The monoisotopic (exact) mass is 285 g/mol. The van der Waals surface area contributed by atoms with Gasteiger partial charge in [-0.2, -0.15) is 0 Å². The van der Waals surface area contributed by atoms with Crippen LogP contribution < -0.4 is 0 Å². The van der Waals surface area contributed by atoms with Crippen LogP contribution in [0.25, 0.3) is 0 Å². The molecule has 0 aliphatic carbocycles. The SMILES string of the molecule is C[Si](C)(C)N(S(=O)c1ccccc1)[Si](C)(C)C. The normalized spacial score (nSPS) is 15.0. The molecule has 1 unspecified atom stereocenters. The van der Waals surface area contributed by atoms with E-state index in [4.69, 9.17) is 0 Å². The molecule has 0 aliphatic rings. The lowest BCUT2D eigenvalue weighted by molar-refractivity contribution is 0.665. The molecule has 0 heterocycles. The van der Waals surface area contributed by atoms with Crippen LogP contribution >= 0.6 is 0 Å². The van der Waals surface area contributed by atoms with Gasteiger partial charge in [-0.3, -0.25) is 3.64 Å². The first-order valence-electron chi connectivity index (χ1n) is 5.91. The molecular formula is C12H23NOSSi2. The lowest BCUT2D eigenvalue weighted by atomic mass is 10.4. The molecule has 1 aromatic rings. The minimum Gasteiger partial charge on any atom is -0.264 e. The number of hydrogen-bond acceptors (Lipinski definition) is 1. The highest BCUT2D eigenvalue weighted by atomic mass is 32.2. The average molecular weight is 286 g/mol. The fourth-order valence-electron chi connectivity index (χ4n) is 2.15. The fourth-order valence-corrected chi connectivity index (χ4v) is 15.4. The highest BCUT2D eigenvalue weighted by Gasteiger charge is 2.38. The quantitative estimate of drug-likeness (QED) is 0.773. The van der Waals surface area contributed by atoms with Gasteiger partial charge in [-0.15, -0.1) is 0 Å². The van der Waals surface area contributed by atoms with Gasteiger partial charge in [0.25, 0.3) is 0 Å². The second-order valence-corrected chi connectivity index (χ2v) is 18.2. The van der Waals surface area contributed by atoms with Crippen molar-refractivity contribution in [1.29, 1.82) is 0 Å². The van der Waals surface area contributed by atoms with Crippen molar-refractivity contribution in [3.63, 3.8) is 0 Å². The van der Waals surface area contributed by atoms with Crippen molar-refractivity contribution in [2.24, 2.45) is 0 Å². The first kappa shape index (κ1) is 14.8. The van der Waals surface area contributed by atoms with Crippen LogP contribution in [0.2, 0.25) is 39.3 Å². The molecule has 0 fully saturated rings. The molecule has 0 bridgehead atoms. The summed E-state index contributed by atoms with van der Waals surface area (Å²) in [6, 6.07) is 9.81.